The number of likely N-dealkylation sites (N-methyl/N-ethyl adjacent to an activating group) is 1. The number of rotatable bonds is 27. The largest absolute Gasteiger partial charge is 0.496 e. The summed E-state index contributed by atoms with van der Waals surface area (Å²) in [6.45, 7) is 8.46. The van der Waals surface area contributed by atoms with Crippen molar-refractivity contribution >= 4 is 73.9 Å². The number of aliphatic hydroxyl groups excluding tert-OH is 4. The number of H-pyrrole nitrogens is 1. The van der Waals surface area contributed by atoms with Crippen molar-refractivity contribution in [2.75, 3.05) is 83.6 Å². The minimum atomic E-state index is -2.60. The van der Waals surface area contributed by atoms with Crippen LogP contribution in [0.4, 0.5) is 10.5 Å². The Labute approximate surface area is 579 Å². The molecule has 3 saturated heterocycles. The van der Waals surface area contributed by atoms with Crippen molar-refractivity contribution in [3.05, 3.63) is 82.8 Å². The Morgan fingerprint density at radius 1 is 0.919 bits per heavy atom. The van der Waals surface area contributed by atoms with Crippen molar-refractivity contribution in [3.8, 4) is 5.75 Å². The zero-order valence-electron chi connectivity index (χ0n) is 56.1. The number of para-hydroxylation sites is 1. The monoisotopic (exact) mass is 1420 g/mol. The van der Waals surface area contributed by atoms with Crippen molar-refractivity contribution in [2.45, 2.75) is 175 Å². The molecule has 6 aliphatic heterocycles. The van der Waals surface area contributed by atoms with Crippen LogP contribution >= 0.6 is 21.6 Å². The molecule has 99 heavy (non-hydrogen) atoms. The zero-order chi connectivity index (χ0) is 70.9. The summed E-state index contributed by atoms with van der Waals surface area (Å²) in [7, 11) is 7.02. The van der Waals surface area contributed by atoms with Gasteiger partial charge in [0.15, 0.2) is 18.0 Å². The van der Waals surface area contributed by atoms with E-state index >= 15 is 4.79 Å². The van der Waals surface area contributed by atoms with Crippen LogP contribution in [0.1, 0.15) is 106 Å². The first-order chi connectivity index (χ1) is 47.4. The second-order valence-electron chi connectivity index (χ2n) is 27.0. The molecule has 542 valence electrons. The van der Waals surface area contributed by atoms with Crippen molar-refractivity contribution in [2.24, 2.45) is 11.3 Å². The molecule has 2 bridgehead atoms. The van der Waals surface area contributed by atoms with Crippen LogP contribution in [0.15, 0.2) is 54.7 Å². The Kier molecular flexibility index (Phi) is 22.6. The predicted octanol–water partition coefficient (Wildman–Crippen LogP) is 0.927. The summed E-state index contributed by atoms with van der Waals surface area (Å²) in [6, 6.07) is 7.96. The minimum Gasteiger partial charge on any atom is -0.496 e. The van der Waals surface area contributed by atoms with E-state index in [9.17, 15) is 64.8 Å². The van der Waals surface area contributed by atoms with Gasteiger partial charge in [-0.25, -0.2) is 34.3 Å². The third kappa shape index (κ3) is 14.1. The van der Waals surface area contributed by atoms with E-state index in [-0.39, 0.29) is 61.6 Å². The summed E-state index contributed by atoms with van der Waals surface area (Å²) in [5, 5.41) is 103. The van der Waals surface area contributed by atoms with E-state index in [1.807, 2.05) is 49.1 Å². The molecule has 2 aromatic heterocycles. The summed E-state index contributed by atoms with van der Waals surface area (Å²) in [4.78, 5) is 102. The second kappa shape index (κ2) is 30.5. The molecule has 33 heteroatoms. The lowest BCUT2D eigenvalue weighted by molar-refractivity contribution is -0.314. The molecule has 31 nitrogen and oxygen atoms in total. The molecule has 13 N–H and O–H groups in total. The number of carbonyl (C=O) groups is 6. The number of nitrogens with one attached hydrogen (secondary N) is 5. The smallest absolute Gasteiger partial charge is 0.426 e. The van der Waals surface area contributed by atoms with Crippen LogP contribution < -0.4 is 31.1 Å². The number of hydrazine groups is 1. The Morgan fingerprint density at radius 3 is 2.43 bits per heavy atom. The quantitative estimate of drug-likeness (QED) is 0.0130. The van der Waals surface area contributed by atoms with Gasteiger partial charge < -0.3 is 80.3 Å². The van der Waals surface area contributed by atoms with Gasteiger partial charge in [0.25, 0.3) is 5.91 Å². The minimum absolute atomic E-state index is 0.0459. The molecule has 1 aliphatic carbocycles. The Balaban J connectivity index is 0.747. The number of aliphatic hydroxyl groups is 6. The molecule has 4 fully saturated rings. The number of hydrogen-bond donors (Lipinski definition) is 13. The van der Waals surface area contributed by atoms with Crippen LogP contribution in [0, 0.1) is 11.3 Å². The fourth-order valence-electron chi connectivity index (χ4n) is 16.8. The van der Waals surface area contributed by atoms with Crippen LogP contribution in [0.5, 0.6) is 5.75 Å². The Morgan fingerprint density at radius 2 is 1.71 bits per heavy atom. The first kappa shape index (κ1) is 73.5. The number of carboxylic acids is 2. The van der Waals surface area contributed by atoms with Gasteiger partial charge in [-0.3, -0.25) is 29.6 Å². The number of fused-ring (bicyclic) bond motifs is 6. The van der Waals surface area contributed by atoms with Crippen molar-refractivity contribution < 1.29 is 98.3 Å². The van der Waals surface area contributed by atoms with Crippen LogP contribution in [0.25, 0.3) is 10.9 Å². The summed E-state index contributed by atoms with van der Waals surface area (Å²) < 4.78 is 23.6. The SMILES string of the molecule is CCCC(=O)N[C@@H](Cc1cn(CCOC2OC(C(=O)O)C(O)[C@H](O)[C@@H]2O)nn1)C(=O)N[C@H](CSSCCOC(=O)NNC(=O)[C@@]1(O)[C@H](O)[C@]2(CC)C=CCN3CC[C@@]4(c5cc(C(OOC)[C@@H]6C[C@@H]7CN(CCc8c6[nH]c6ccccc86)C[C@](O)(CC)C7)c(OC)cc5N(C)[C@@H]14)[C@@H]32)C(=O)O. The number of ether oxygens (including phenoxy) is 4. The molecule has 0 radical (unpaired) electrons. The Hall–Kier alpha value is -6.70. The fourth-order valence-corrected chi connectivity index (χ4v) is 18.8. The van der Waals surface area contributed by atoms with Gasteiger partial charge in [0.2, 0.25) is 11.8 Å². The maximum Gasteiger partial charge on any atom is 0.426 e. The maximum atomic E-state index is 15.2. The number of nitrogens with zero attached hydrogens (tertiary/aromatic N) is 6. The highest BCUT2D eigenvalue weighted by atomic mass is 33.1. The van der Waals surface area contributed by atoms with Crippen LogP contribution in [0.2, 0.25) is 0 Å². The molecular formula is C66H91N11O20S2. The summed E-state index contributed by atoms with van der Waals surface area (Å²) in [6.07, 6.45) is -3.66. The van der Waals surface area contributed by atoms with E-state index in [4.69, 9.17) is 28.7 Å². The van der Waals surface area contributed by atoms with Gasteiger partial charge in [0.05, 0.1) is 44.7 Å². The number of hydrogen-bond acceptors (Lipinski definition) is 25. The van der Waals surface area contributed by atoms with E-state index in [0.29, 0.717) is 75.2 Å². The third-order valence-corrected chi connectivity index (χ3v) is 23.6. The molecule has 7 aliphatic rings. The average molecular weight is 1420 g/mol. The molecule has 8 heterocycles. The molecule has 11 rings (SSSR count). The van der Waals surface area contributed by atoms with Crippen molar-refractivity contribution in [1.29, 1.82) is 0 Å². The normalized spacial score (nSPS) is 31.6. The van der Waals surface area contributed by atoms with Crippen LogP contribution in [0.3, 0.4) is 0 Å². The lowest BCUT2D eigenvalue weighted by Gasteiger charge is -2.63. The number of aromatic amines is 1. The van der Waals surface area contributed by atoms with E-state index in [0.717, 1.165) is 68.8 Å². The number of amides is 4. The van der Waals surface area contributed by atoms with Crippen LogP contribution in [-0.4, -0.2) is 257 Å². The fraction of sp³-hybridized carbons (Fsp3) is 0.636. The van der Waals surface area contributed by atoms with Crippen molar-refractivity contribution in [3.63, 3.8) is 0 Å². The van der Waals surface area contributed by atoms with E-state index in [1.54, 1.807) is 21.1 Å². The van der Waals surface area contributed by atoms with E-state index < -0.39 is 125 Å². The lowest BCUT2D eigenvalue weighted by Crippen LogP contribution is -2.82. The number of carboxylic acid groups (broad SMARTS) is 2. The summed E-state index contributed by atoms with van der Waals surface area (Å²) >= 11 is 0. The van der Waals surface area contributed by atoms with Crippen LogP contribution in [-0.2, 0) is 72.8 Å². The van der Waals surface area contributed by atoms with E-state index in [1.165, 1.54) is 18.0 Å². The number of methoxy groups -OCH3 is 1. The third-order valence-electron chi connectivity index (χ3n) is 21.2. The highest BCUT2D eigenvalue weighted by Gasteiger charge is 2.79. The molecule has 2 aromatic carbocycles. The molecule has 1 saturated carbocycles. The molecule has 4 amide bonds. The van der Waals surface area contributed by atoms with Gasteiger partial charge in [-0.1, -0.05) is 77.9 Å². The molecule has 4 aromatic rings. The second-order valence-corrected chi connectivity index (χ2v) is 29.6. The zero-order valence-corrected chi connectivity index (χ0v) is 57.7. The maximum absolute atomic E-state index is 15.2. The first-order valence-electron chi connectivity index (χ1n) is 33.6. The van der Waals surface area contributed by atoms with Gasteiger partial charge in [-0.05, 0) is 80.7 Å². The van der Waals surface area contributed by atoms with Gasteiger partial charge in [0, 0.05) is 120 Å². The topological polar surface area (TPSA) is 424 Å². The van der Waals surface area contributed by atoms with Gasteiger partial charge >= 0.3 is 18.0 Å². The molecular weight excluding hydrogens is 1330 g/mol. The van der Waals surface area contributed by atoms with Gasteiger partial charge in [0.1, 0.15) is 55.0 Å². The Bertz CT molecular complexity index is 3640. The summed E-state index contributed by atoms with van der Waals surface area (Å²) in [5.41, 5.74) is 4.51. The van der Waals surface area contributed by atoms with Gasteiger partial charge in [-0.15, -0.1) is 5.10 Å². The highest BCUT2D eigenvalue weighted by Crippen LogP contribution is 2.67. The standard InChI is InChI=1S/C66H91N11O20S2/c1-7-13-47(78)67-43(27-36-32-77(73-70-36)22-23-94-57-51(81)49(79)50(80)53(96-57)56(85)86)54(82)69-44(55(83)84)33-99-98-25-24-95-62(89)72-71-61(88)66(91)59-65(18-21-76-19-12-17-64(9-3,58(65)76)60(66)87)41-28-39(46(92-5)29-45(41)74(59)4)52(97-93-6)40-26-35-30-63(90,8-2)34-75(31-35)20-16-38-37-14-10-11-15-42(37)68-48(38)40/h10-12,14-15,17,28-29,32,35,40,43-44,49-53,57-60,68,79-81,87,90-91H,7-9,13,16,18-27,30-31,33-34H2,1-6H3,(H,67,78)(H,69,82)(H,71,88)(H,72,89)(H,83,84)(H,85,86)/t35-,40+,43-,44+,49-,50?,51-,52?,53?,57?,58-,59+,60+,63-,64+,65+,66-/m0/s1. The lowest BCUT2D eigenvalue weighted by atomic mass is 9.47. The molecule has 18 atom stereocenters. The highest BCUT2D eigenvalue weighted by molar-refractivity contribution is 8.76. The molecule has 5 unspecified atom stereocenters. The molecule has 1 spiro atoms. The number of benzene rings is 2. The average Bonchev–Trinajstić information content (AvgIpc) is 1.50. The number of carbonyl (C=O) groups excluding carboxylic acids is 4. The first-order valence-corrected chi connectivity index (χ1v) is 36.1. The van der Waals surface area contributed by atoms with Crippen molar-refractivity contribution in [1.82, 2.24) is 51.3 Å². The van der Waals surface area contributed by atoms with Gasteiger partial charge in [-0.2, -0.15) is 0 Å². The summed E-state index contributed by atoms with van der Waals surface area (Å²) in [5.74, 6) is -5.25. The van der Waals surface area contributed by atoms with E-state index in [2.05, 4.69) is 64.8 Å². The number of aromatic nitrogens is 4. The predicted molar refractivity (Wildman–Crippen MR) is 358 cm³/mol. The number of aliphatic carboxylic acids is 2. The number of piperidine rings is 1. The number of anilines is 1.